The molecular weight excluding hydrogens is 206 g/mol. The lowest BCUT2D eigenvalue weighted by atomic mass is 10.2. The highest BCUT2D eigenvalue weighted by Gasteiger charge is 1.99. The minimum Gasteiger partial charge on any atom is -0.310 e. The van der Waals surface area contributed by atoms with E-state index >= 15 is 0 Å². The van der Waals surface area contributed by atoms with Crippen molar-refractivity contribution in [1.29, 1.82) is 0 Å². The van der Waals surface area contributed by atoms with Gasteiger partial charge in [0.2, 0.25) is 0 Å². The zero-order chi connectivity index (χ0) is 11.3. The van der Waals surface area contributed by atoms with Gasteiger partial charge in [0.1, 0.15) is 0 Å². The predicted octanol–water partition coefficient (Wildman–Crippen LogP) is 2.31. The van der Waals surface area contributed by atoms with Gasteiger partial charge in [0.05, 0.1) is 0 Å². The topological polar surface area (TPSA) is 29.1 Å². The quantitative estimate of drug-likeness (QED) is 0.833. The van der Waals surface area contributed by atoms with Crippen LogP contribution in [0.15, 0.2) is 29.2 Å². The van der Waals surface area contributed by atoms with Gasteiger partial charge in [0, 0.05) is 34.5 Å². The maximum Gasteiger partial charge on any atom is 0.0498 e. The first kappa shape index (κ1) is 12.4. The van der Waals surface area contributed by atoms with Gasteiger partial charge >= 0.3 is 0 Å². The van der Waals surface area contributed by atoms with Crippen LogP contribution in [0.25, 0.3) is 0 Å². The van der Waals surface area contributed by atoms with E-state index in [1.54, 1.807) is 6.26 Å². The fraction of sp³-hybridized carbons (Fsp3) is 0.500. The Kier molecular flexibility index (Phi) is 4.99. The first-order valence-corrected chi connectivity index (χ1v) is 6.85. The molecule has 0 saturated heterocycles. The third-order valence-electron chi connectivity index (χ3n) is 2.52. The van der Waals surface area contributed by atoms with Gasteiger partial charge in [-0.3, -0.25) is 4.21 Å². The van der Waals surface area contributed by atoms with Crippen molar-refractivity contribution in [3.63, 3.8) is 0 Å². The lowest BCUT2D eigenvalue weighted by molar-refractivity contribution is 0.534. The summed E-state index contributed by atoms with van der Waals surface area (Å²) in [7, 11) is -0.872. The highest BCUT2D eigenvalue weighted by Crippen LogP contribution is 2.07. The molecular formula is C12H19NOS. The van der Waals surface area contributed by atoms with E-state index in [1.165, 1.54) is 5.56 Å². The van der Waals surface area contributed by atoms with Crippen molar-refractivity contribution in [2.24, 2.45) is 0 Å². The third-order valence-corrected chi connectivity index (χ3v) is 3.46. The summed E-state index contributed by atoms with van der Waals surface area (Å²) < 4.78 is 11.2. The normalized spacial score (nSPS) is 14.9. The maximum absolute atomic E-state index is 11.2. The number of benzene rings is 1. The average molecular weight is 225 g/mol. The second kappa shape index (κ2) is 6.03. The minimum atomic E-state index is -0.872. The molecule has 0 spiro atoms. The predicted molar refractivity (Wildman–Crippen MR) is 65.4 cm³/mol. The largest absolute Gasteiger partial charge is 0.310 e. The van der Waals surface area contributed by atoms with E-state index in [0.29, 0.717) is 6.04 Å². The van der Waals surface area contributed by atoms with Crippen molar-refractivity contribution >= 4 is 10.8 Å². The lowest BCUT2D eigenvalue weighted by Crippen LogP contribution is -2.24. The Bertz CT molecular complexity index is 321. The van der Waals surface area contributed by atoms with E-state index in [2.05, 4.69) is 19.2 Å². The Hall–Kier alpha value is -0.670. The highest BCUT2D eigenvalue weighted by molar-refractivity contribution is 7.84. The number of nitrogens with one attached hydrogen (secondary N) is 1. The molecule has 84 valence electrons. The van der Waals surface area contributed by atoms with Gasteiger partial charge in [0.25, 0.3) is 0 Å². The van der Waals surface area contributed by atoms with Crippen molar-refractivity contribution in [2.75, 3.05) is 6.26 Å². The van der Waals surface area contributed by atoms with Gasteiger partial charge in [-0.15, -0.1) is 0 Å². The molecule has 1 aromatic rings. The molecule has 0 saturated carbocycles. The molecule has 0 radical (unpaired) electrons. The number of hydrogen-bond donors (Lipinski definition) is 1. The van der Waals surface area contributed by atoms with Crippen LogP contribution in [0.1, 0.15) is 25.8 Å². The van der Waals surface area contributed by atoms with Crippen molar-refractivity contribution in [3.05, 3.63) is 29.8 Å². The number of rotatable bonds is 5. The molecule has 1 rings (SSSR count). The lowest BCUT2D eigenvalue weighted by Gasteiger charge is -2.11. The van der Waals surface area contributed by atoms with Gasteiger partial charge in [-0.25, -0.2) is 0 Å². The Morgan fingerprint density at radius 2 is 1.93 bits per heavy atom. The average Bonchev–Trinajstić information content (AvgIpc) is 2.26. The fourth-order valence-corrected chi connectivity index (χ4v) is 1.75. The molecule has 1 N–H and O–H groups in total. The molecule has 2 atom stereocenters. The van der Waals surface area contributed by atoms with Crippen LogP contribution in [0, 0.1) is 0 Å². The van der Waals surface area contributed by atoms with Crippen molar-refractivity contribution in [3.8, 4) is 0 Å². The monoisotopic (exact) mass is 225 g/mol. The summed E-state index contributed by atoms with van der Waals surface area (Å²) in [6, 6.07) is 8.48. The summed E-state index contributed by atoms with van der Waals surface area (Å²) >= 11 is 0. The molecule has 0 aliphatic heterocycles. The molecule has 0 amide bonds. The molecule has 15 heavy (non-hydrogen) atoms. The van der Waals surface area contributed by atoms with E-state index in [-0.39, 0.29) is 0 Å². The van der Waals surface area contributed by atoms with Crippen molar-refractivity contribution in [2.45, 2.75) is 37.8 Å². The van der Waals surface area contributed by atoms with Crippen LogP contribution in [0.3, 0.4) is 0 Å². The van der Waals surface area contributed by atoms with Crippen molar-refractivity contribution in [1.82, 2.24) is 5.32 Å². The van der Waals surface area contributed by atoms with E-state index in [4.69, 9.17) is 0 Å². The molecule has 0 bridgehead atoms. The summed E-state index contributed by atoms with van der Waals surface area (Å²) in [5.41, 5.74) is 1.24. The zero-order valence-corrected chi connectivity index (χ0v) is 10.4. The third kappa shape index (κ3) is 4.14. The molecule has 0 aromatic heterocycles. The SMILES string of the molecule is CCC(C)NCc1ccc(S(C)=O)cc1. The molecule has 0 aliphatic carbocycles. The molecule has 2 unspecified atom stereocenters. The molecule has 0 heterocycles. The zero-order valence-electron chi connectivity index (χ0n) is 9.62. The van der Waals surface area contributed by atoms with Crippen LogP contribution in [0.5, 0.6) is 0 Å². The van der Waals surface area contributed by atoms with Gasteiger partial charge in [-0.05, 0) is 31.0 Å². The smallest absolute Gasteiger partial charge is 0.0498 e. The standard InChI is InChI=1S/C12H19NOS/c1-4-10(2)13-9-11-5-7-12(8-6-11)15(3)14/h5-8,10,13H,4,9H2,1-3H3. The van der Waals surface area contributed by atoms with Crippen LogP contribution in [0.4, 0.5) is 0 Å². The van der Waals surface area contributed by atoms with E-state index in [9.17, 15) is 4.21 Å². The van der Waals surface area contributed by atoms with Crippen molar-refractivity contribution < 1.29 is 4.21 Å². The van der Waals surface area contributed by atoms with Crippen LogP contribution in [-0.4, -0.2) is 16.5 Å². The van der Waals surface area contributed by atoms with E-state index in [0.717, 1.165) is 17.9 Å². The Morgan fingerprint density at radius 1 is 1.33 bits per heavy atom. The second-order valence-corrected chi connectivity index (χ2v) is 5.17. The summed E-state index contributed by atoms with van der Waals surface area (Å²) in [5.74, 6) is 0. The fourth-order valence-electron chi connectivity index (χ4n) is 1.24. The summed E-state index contributed by atoms with van der Waals surface area (Å²) in [5, 5.41) is 3.42. The molecule has 3 heteroatoms. The first-order chi connectivity index (χ1) is 7.13. The number of hydrogen-bond acceptors (Lipinski definition) is 2. The molecule has 1 aromatic carbocycles. The maximum atomic E-state index is 11.2. The van der Waals surface area contributed by atoms with Crippen LogP contribution in [-0.2, 0) is 17.3 Å². The first-order valence-electron chi connectivity index (χ1n) is 5.29. The van der Waals surface area contributed by atoms with E-state index < -0.39 is 10.8 Å². The van der Waals surface area contributed by atoms with E-state index in [1.807, 2.05) is 24.3 Å². The Morgan fingerprint density at radius 3 is 2.40 bits per heavy atom. The highest BCUT2D eigenvalue weighted by atomic mass is 32.2. The van der Waals surface area contributed by atoms with Gasteiger partial charge in [0.15, 0.2) is 0 Å². The van der Waals surface area contributed by atoms with Gasteiger partial charge in [-0.1, -0.05) is 19.1 Å². The molecule has 0 aliphatic rings. The van der Waals surface area contributed by atoms with Crippen LogP contribution < -0.4 is 5.32 Å². The summed E-state index contributed by atoms with van der Waals surface area (Å²) in [6.07, 6.45) is 2.84. The van der Waals surface area contributed by atoms with Gasteiger partial charge in [-0.2, -0.15) is 0 Å². The Balaban J connectivity index is 2.53. The van der Waals surface area contributed by atoms with Gasteiger partial charge < -0.3 is 5.32 Å². The van der Waals surface area contributed by atoms with Crippen LogP contribution >= 0.6 is 0 Å². The molecule has 0 fully saturated rings. The Labute approximate surface area is 94.5 Å². The minimum absolute atomic E-state index is 0.546. The van der Waals surface area contributed by atoms with Crippen LogP contribution in [0.2, 0.25) is 0 Å². The second-order valence-electron chi connectivity index (χ2n) is 3.79. The molecule has 2 nitrogen and oxygen atoms in total. The summed E-state index contributed by atoms with van der Waals surface area (Å²) in [4.78, 5) is 0.891. The summed E-state index contributed by atoms with van der Waals surface area (Å²) in [6.45, 7) is 5.22.